The van der Waals surface area contributed by atoms with Gasteiger partial charge in [0.2, 0.25) is 5.95 Å². The summed E-state index contributed by atoms with van der Waals surface area (Å²) in [6, 6.07) is 4.12. The normalized spacial score (nSPS) is 23.0. The number of piperidine rings is 1. The van der Waals surface area contributed by atoms with Gasteiger partial charge in [-0.3, -0.25) is 15.3 Å². The first-order valence-electron chi connectivity index (χ1n) is 10.5. The predicted molar refractivity (Wildman–Crippen MR) is 110 cm³/mol. The van der Waals surface area contributed by atoms with Gasteiger partial charge >= 0.3 is 6.18 Å². The predicted octanol–water partition coefficient (Wildman–Crippen LogP) is 3.00. The van der Waals surface area contributed by atoms with E-state index in [1.165, 1.54) is 10.5 Å². The van der Waals surface area contributed by atoms with Gasteiger partial charge in [-0.1, -0.05) is 6.92 Å². The smallest absolute Gasteiger partial charge is 0.340 e. The lowest BCUT2D eigenvalue weighted by molar-refractivity contribution is -0.137. The molecule has 5 rings (SSSR count). The summed E-state index contributed by atoms with van der Waals surface area (Å²) in [5, 5.41) is 0. The summed E-state index contributed by atoms with van der Waals surface area (Å²) in [6.07, 6.45) is 1.03. The molecule has 0 saturated carbocycles. The second-order valence-corrected chi connectivity index (χ2v) is 8.56. The Balaban J connectivity index is 1.46. The van der Waals surface area contributed by atoms with E-state index in [0.29, 0.717) is 40.7 Å². The zero-order valence-corrected chi connectivity index (χ0v) is 17.1. The van der Waals surface area contributed by atoms with E-state index in [9.17, 15) is 13.2 Å². The van der Waals surface area contributed by atoms with Crippen molar-refractivity contribution in [1.82, 2.24) is 30.2 Å². The number of hydrogen-bond acceptors (Lipinski definition) is 6. The summed E-state index contributed by atoms with van der Waals surface area (Å²) in [5.74, 6) is 2.21. The third-order valence-electron chi connectivity index (χ3n) is 6.23. The Kier molecular flexibility index (Phi) is 5.05. The van der Waals surface area contributed by atoms with Crippen LogP contribution in [0.5, 0.6) is 0 Å². The molecule has 0 bridgehead atoms. The van der Waals surface area contributed by atoms with Crippen LogP contribution in [0.25, 0.3) is 17.0 Å². The molecule has 164 valence electrons. The minimum atomic E-state index is -4.42. The number of halogens is 3. The minimum absolute atomic E-state index is 0.441. The van der Waals surface area contributed by atoms with Crippen LogP contribution in [-0.2, 0) is 6.18 Å². The number of pyridine rings is 1. The molecular formula is C21H24F3N7. The maximum absolute atomic E-state index is 13.2. The van der Waals surface area contributed by atoms with E-state index in [1.807, 2.05) is 0 Å². The van der Waals surface area contributed by atoms with Crippen LogP contribution in [0, 0.1) is 17.8 Å². The van der Waals surface area contributed by atoms with Crippen molar-refractivity contribution in [2.24, 2.45) is 17.8 Å². The minimum Gasteiger partial charge on any atom is -0.340 e. The molecule has 2 N–H and O–H groups in total. The van der Waals surface area contributed by atoms with Crippen molar-refractivity contribution in [3.05, 3.63) is 42.4 Å². The molecule has 7 nitrogen and oxygen atoms in total. The standard InChI is InChI=1S/C21H24F3N7/c1-13-6-14(15-7-27-28-8-15)11-30(10-13)20-25-5-4-17(29-20)18-9-26-19-3-2-16(12-31(18)19)21(22,23)24/h2-5,9,12-15,27-28H,6-8,10-11H2,1H3/t13-,14+/m1/s1. The molecule has 10 heteroatoms. The van der Waals surface area contributed by atoms with Crippen LogP contribution in [0.2, 0.25) is 0 Å². The third kappa shape index (κ3) is 3.97. The fourth-order valence-corrected chi connectivity index (χ4v) is 4.70. The number of imidazole rings is 1. The first-order valence-corrected chi connectivity index (χ1v) is 10.5. The number of fused-ring (bicyclic) bond motifs is 1. The number of rotatable bonds is 3. The number of hydrogen-bond donors (Lipinski definition) is 2. The second-order valence-electron chi connectivity index (χ2n) is 8.56. The number of nitrogens with one attached hydrogen (secondary N) is 2. The summed E-state index contributed by atoms with van der Waals surface area (Å²) in [4.78, 5) is 15.6. The molecule has 2 fully saturated rings. The SMILES string of the molecule is C[C@@H]1C[C@H](C2CNNC2)CN(c2nccc(-c3cnc4ccc(C(F)(F)F)cn34)n2)C1. The molecule has 0 aromatic carbocycles. The van der Waals surface area contributed by atoms with Gasteiger partial charge in [0.25, 0.3) is 0 Å². The number of aromatic nitrogens is 4. The van der Waals surface area contributed by atoms with Gasteiger partial charge in [0.05, 0.1) is 23.1 Å². The average Bonchev–Trinajstić information content (AvgIpc) is 3.42. The van der Waals surface area contributed by atoms with Crippen molar-refractivity contribution in [1.29, 1.82) is 0 Å². The quantitative estimate of drug-likeness (QED) is 0.665. The lowest BCUT2D eigenvalue weighted by Gasteiger charge is -2.38. The largest absolute Gasteiger partial charge is 0.417 e. The van der Waals surface area contributed by atoms with E-state index in [1.54, 1.807) is 18.5 Å². The van der Waals surface area contributed by atoms with Gasteiger partial charge in [-0.05, 0) is 42.4 Å². The van der Waals surface area contributed by atoms with E-state index >= 15 is 0 Å². The topological polar surface area (TPSA) is 70.4 Å². The second kappa shape index (κ2) is 7.76. The summed E-state index contributed by atoms with van der Waals surface area (Å²) >= 11 is 0. The van der Waals surface area contributed by atoms with Gasteiger partial charge in [-0.2, -0.15) is 13.2 Å². The Morgan fingerprint density at radius 2 is 1.84 bits per heavy atom. The first kappa shape index (κ1) is 20.2. The van der Waals surface area contributed by atoms with Crippen LogP contribution in [-0.4, -0.2) is 45.5 Å². The van der Waals surface area contributed by atoms with Gasteiger partial charge in [0.1, 0.15) is 5.65 Å². The fraction of sp³-hybridized carbons (Fsp3) is 0.476. The Morgan fingerprint density at radius 1 is 1.03 bits per heavy atom. The Morgan fingerprint density at radius 3 is 2.61 bits per heavy atom. The molecule has 2 aliphatic heterocycles. The first-order chi connectivity index (χ1) is 14.9. The Labute approximate surface area is 177 Å². The van der Waals surface area contributed by atoms with E-state index in [-0.39, 0.29) is 0 Å². The van der Waals surface area contributed by atoms with Crippen LogP contribution in [0.3, 0.4) is 0 Å². The third-order valence-corrected chi connectivity index (χ3v) is 6.23. The highest BCUT2D eigenvalue weighted by molar-refractivity contribution is 5.61. The maximum atomic E-state index is 13.2. The molecule has 3 aromatic rings. The van der Waals surface area contributed by atoms with Gasteiger partial charge in [0, 0.05) is 38.6 Å². The van der Waals surface area contributed by atoms with Gasteiger partial charge < -0.3 is 4.90 Å². The van der Waals surface area contributed by atoms with Crippen LogP contribution < -0.4 is 15.8 Å². The van der Waals surface area contributed by atoms with Crippen molar-refractivity contribution in [2.75, 3.05) is 31.1 Å². The van der Waals surface area contributed by atoms with Crippen molar-refractivity contribution >= 4 is 11.6 Å². The number of hydrazine groups is 1. The number of alkyl halides is 3. The number of nitrogens with zero attached hydrogens (tertiary/aromatic N) is 5. The molecule has 0 spiro atoms. The van der Waals surface area contributed by atoms with Gasteiger partial charge in [0.15, 0.2) is 0 Å². The molecule has 0 unspecified atom stereocenters. The van der Waals surface area contributed by atoms with Crippen LogP contribution in [0.15, 0.2) is 36.8 Å². The van der Waals surface area contributed by atoms with Crippen molar-refractivity contribution in [2.45, 2.75) is 19.5 Å². The summed E-state index contributed by atoms with van der Waals surface area (Å²) < 4.78 is 41.0. The van der Waals surface area contributed by atoms with E-state index in [2.05, 4.69) is 32.6 Å². The molecule has 31 heavy (non-hydrogen) atoms. The lowest BCUT2D eigenvalue weighted by Crippen LogP contribution is -2.44. The molecule has 0 amide bonds. The summed E-state index contributed by atoms with van der Waals surface area (Å²) in [6.45, 7) is 5.87. The van der Waals surface area contributed by atoms with Gasteiger partial charge in [-0.15, -0.1) is 0 Å². The highest BCUT2D eigenvalue weighted by Crippen LogP contribution is 2.32. The van der Waals surface area contributed by atoms with Crippen LogP contribution in [0.4, 0.5) is 19.1 Å². The molecule has 0 radical (unpaired) electrons. The Bertz CT molecular complexity index is 1070. The molecule has 3 aromatic heterocycles. The Hall–Kier alpha value is -2.72. The maximum Gasteiger partial charge on any atom is 0.417 e. The summed E-state index contributed by atoms with van der Waals surface area (Å²) in [5.41, 5.74) is 7.20. The van der Waals surface area contributed by atoms with Crippen molar-refractivity contribution < 1.29 is 13.2 Å². The molecule has 2 aliphatic rings. The number of anilines is 1. The monoisotopic (exact) mass is 431 g/mol. The van der Waals surface area contributed by atoms with Crippen LogP contribution >= 0.6 is 0 Å². The van der Waals surface area contributed by atoms with E-state index in [4.69, 9.17) is 4.98 Å². The molecule has 2 atom stereocenters. The molecule has 2 saturated heterocycles. The van der Waals surface area contributed by atoms with Crippen LogP contribution in [0.1, 0.15) is 18.9 Å². The zero-order chi connectivity index (χ0) is 21.6. The van der Waals surface area contributed by atoms with Crippen molar-refractivity contribution in [3.8, 4) is 11.4 Å². The zero-order valence-electron chi connectivity index (χ0n) is 17.1. The lowest BCUT2D eigenvalue weighted by atomic mass is 9.82. The summed E-state index contributed by atoms with van der Waals surface area (Å²) in [7, 11) is 0. The highest BCUT2D eigenvalue weighted by atomic mass is 19.4. The molecular weight excluding hydrogens is 407 g/mol. The van der Waals surface area contributed by atoms with Crippen molar-refractivity contribution in [3.63, 3.8) is 0 Å². The average molecular weight is 431 g/mol. The molecule has 0 aliphatic carbocycles. The molecule has 5 heterocycles. The van der Waals surface area contributed by atoms with Gasteiger partial charge in [-0.25, -0.2) is 15.0 Å². The fourth-order valence-electron chi connectivity index (χ4n) is 4.70. The van der Waals surface area contributed by atoms with E-state index < -0.39 is 11.7 Å². The van der Waals surface area contributed by atoms with E-state index in [0.717, 1.165) is 44.9 Å². The highest BCUT2D eigenvalue weighted by Gasteiger charge is 2.33.